The van der Waals surface area contributed by atoms with E-state index in [0.717, 1.165) is 29.8 Å². The second-order valence-corrected chi connectivity index (χ2v) is 7.79. The Morgan fingerprint density at radius 1 is 1.00 bits per heavy atom. The standard InChI is InChI=1S/C26H22F4N2O5/c27-25(28)26(29,30)37-18-11-8-15(9-12-18)24(35)36-22-7-2-1-5-19(22)20(23(33)34)6-3-4-16-14-17(31)10-13-21(16)32/h1-2,5-14,25H,3-4,31-32H2,(H,33,34)/b20-6+. The van der Waals surface area contributed by atoms with Gasteiger partial charge in [0.2, 0.25) is 0 Å². The number of carboxylic acid groups (broad SMARTS) is 1. The fourth-order valence-electron chi connectivity index (χ4n) is 3.32. The van der Waals surface area contributed by atoms with Crippen molar-refractivity contribution < 1.29 is 41.7 Å². The van der Waals surface area contributed by atoms with Crippen LogP contribution in [0.25, 0.3) is 5.57 Å². The molecule has 0 amide bonds. The SMILES string of the molecule is Nc1ccc(N)c(CC/C=C(/C(=O)O)c2ccccc2OC(=O)c2ccc(OC(F)(F)C(F)F)cc2)c1. The van der Waals surface area contributed by atoms with E-state index in [9.17, 15) is 32.3 Å². The Hall–Kier alpha value is -4.54. The van der Waals surface area contributed by atoms with Crippen LogP contribution in [0.5, 0.6) is 11.5 Å². The topological polar surface area (TPSA) is 125 Å². The van der Waals surface area contributed by atoms with Gasteiger partial charge in [-0.05, 0) is 66.9 Å². The molecule has 3 rings (SSSR count). The van der Waals surface area contributed by atoms with Crippen LogP contribution in [0.15, 0.2) is 72.8 Å². The molecule has 0 radical (unpaired) electrons. The Bertz CT molecular complexity index is 1310. The number of aliphatic carboxylic acids is 1. The van der Waals surface area contributed by atoms with Crippen molar-refractivity contribution in [2.75, 3.05) is 11.5 Å². The van der Waals surface area contributed by atoms with Crippen molar-refractivity contribution in [1.29, 1.82) is 0 Å². The molecule has 0 aliphatic carbocycles. The van der Waals surface area contributed by atoms with E-state index < -0.39 is 30.2 Å². The summed E-state index contributed by atoms with van der Waals surface area (Å²) in [6, 6.07) is 14.9. The van der Waals surface area contributed by atoms with Crippen LogP contribution in [-0.4, -0.2) is 29.6 Å². The Morgan fingerprint density at radius 3 is 2.32 bits per heavy atom. The van der Waals surface area contributed by atoms with Crippen molar-refractivity contribution in [3.05, 3.63) is 89.5 Å². The number of carbonyl (C=O) groups is 2. The number of aryl methyl sites for hydroxylation is 1. The molecule has 0 aliphatic rings. The summed E-state index contributed by atoms with van der Waals surface area (Å²) in [7, 11) is 0. The molecule has 0 aromatic heterocycles. The fourth-order valence-corrected chi connectivity index (χ4v) is 3.32. The zero-order chi connectivity index (χ0) is 27.2. The molecule has 0 bridgehead atoms. The van der Waals surface area contributed by atoms with Crippen molar-refractivity contribution in [1.82, 2.24) is 0 Å². The average molecular weight is 518 g/mol. The second-order valence-electron chi connectivity index (χ2n) is 7.79. The van der Waals surface area contributed by atoms with Crippen molar-refractivity contribution in [3.8, 4) is 11.5 Å². The molecule has 0 heterocycles. The van der Waals surface area contributed by atoms with Crippen LogP contribution in [0.2, 0.25) is 0 Å². The molecule has 194 valence electrons. The third-order valence-corrected chi connectivity index (χ3v) is 5.14. The van der Waals surface area contributed by atoms with Gasteiger partial charge in [0.15, 0.2) is 0 Å². The van der Waals surface area contributed by atoms with Crippen molar-refractivity contribution in [2.45, 2.75) is 25.4 Å². The van der Waals surface area contributed by atoms with Gasteiger partial charge in [0.05, 0.1) is 11.1 Å². The summed E-state index contributed by atoms with van der Waals surface area (Å²) >= 11 is 0. The molecule has 7 nitrogen and oxygen atoms in total. The van der Waals surface area contributed by atoms with Gasteiger partial charge in [0, 0.05) is 16.9 Å². The first kappa shape index (κ1) is 27.1. The Morgan fingerprint density at radius 2 is 1.68 bits per heavy atom. The molecule has 0 atom stereocenters. The predicted octanol–water partition coefficient (Wildman–Crippen LogP) is 5.41. The van der Waals surface area contributed by atoms with E-state index in [2.05, 4.69) is 4.74 Å². The quantitative estimate of drug-likeness (QED) is 0.108. The highest BCUT2D eigenvalue weighted by molar-refractivity contribution is 6.16. The van der Waals surface area contributed by atoms with Gasteiger partial charge < -0.3 is 26.0 Å². The zero-order valence-electron chi connectivity index (χ0n) is 19.2. The highest BCUT2D eigenvalue weighted by Gasteiger charge is 2.43. The summed E-state index contributed by atoms with van der Waals surface area (Å²) in [6.07, 6.45) is -6.56. The number of esters is 1. The monoisotopic (exact) mass is 518 g/mol. The van der Waals surface area contributed by atoms with Crippen LogP contribution in [0, 0.1) is 0 Å². The van der Waals surface area contributed by atoms with Crippen molar-refractivity contribution in [2.24, 2.45) is 0 Å². The van der Waals surface area contributed by atoms with E-state index in [0.29, 0.717) is 24.2 Å². The minimum absolute atomic E-state index is 0.0609. The average Bonchev–Trinajstić information content (AvgIpc) is 2.84. The number of para-hydroxylation sites is 1. The van der Waals surface area contributed by atoms with E-state index in [1.807, 2.05) is 0 Å². The van der Waals surface area contributed by atoms with Gasteiger partial charge >= 0.3 is 24.5 Å². The maximum absolute atomic E-state index is 13.1. The van der Waals surface area contributed by atoms with E-state index in [1.54, 1.807) is 24.3 Å². The summed E-state index contributed by atoms with van der Waals surface area (Å²) in [4.78, 5) is 24.6. The first-order valence-electron chi connectivity index (χ1n) is 10.8. The zero-order valence-corrected chi connectivity index (χ0v) is 19.2. The van der Waals surface area contributed by atoms with Gasteiger partial charge in [-0.2, -0.15) is 17.6 Å². The molecule has 37 heavy (non-hydrogen) atoms. The fraction of sp³-hybridized carbons (Fsp3) is 0.154. The minimum Gasteiger partial charge on any atom is -0.478 e. The Labute approximate surface area is 208 Å². The third kappa shape index (κ3) is 7.00. The summed E-state index contributed by atoms with van der Waals surface area (Å²) in [5, 5.41) is 9.78. The number of alkyl halides is 4. The van der Waals surface area contributed by atoms with Gasteiger partial charge in [0.25, 0.3) is 0 Å². The lowest BCUT2D eigenvalue weighted by atomic mass is 10.0. The van der Waals surface area contributed by atoms with Crippen molar-refractivity contribution in [3.63, 3.8) is 0 Å². The van der Waals surface area contributed by atoms with Crippen LogP contribution in [-0.2, 0) is 11.2 Å². The van der Waals surface area contributed by atoms with E-state index in [-0.39, 0.29) is 22.4 Å². The molecule has 3 aromatic rings. The number of hydrogen-bond acceptors (Lipinski definition) is 6. The summed E-state index contributed by atoms with van der Waals surface area (Å²) in [5.74, 6) is -2.84. The molecule has 0 unspecified atom stereocenters. The van der Waals surface area contributed by atoms with Gasteiger partial charge in [-0.1, -0.05) is 24.3 Å². The number of halogens is 4. The number of nitrogens with two attached hydrogens (primary N) is 2. The van der Waals surface area contributed by atoms with Crippen LogP contribution < -0.4 is 20.9 Å². The van der Waals surface area contributed by atoms with Crippen LogP contribution in [0.4, 0.5) is 28.9 Å². The first-order valence-corrected chi connectivity index (χ1v) is 10.8. The molecular formula is C26H22F4N2O5. The molecule has 11 heteroatoms. The number of hydrogen-bond donors (Lipinski definition) is 3. The predicted molar refractivity (Wildman–Crippen MR) is 129 cm³/mol. The molecule has 0 aliphatic heterocycles. The largest absolute Gasteiger partial charge is 0.478 e. The maximum atomic E-state index is 13.1. The van der Waals surface area contributed by atoms with Gasteiger partial charge in [0.1, 0.15) is 11.5 Å². The number of allylic oxidation sites excluding steroid dienone is 1. The number of anilines is 2. The molecular weight excluding hydrogens is 496 g/mol. The smallest absolute Gasteiger partial charge is 0.461 e. The molecule has 0 fully saturated rings. The van der Waals surface area contributed by atoms with E-state index in [1.165, 1.54) is 24.3 Å². The molecule has 0 saturated carbocycles. The maximum Gasteiger partial charge on any atom is 0.461 e. The van der Waals surface area contributed by atoms with Crippen LogP contribution in [0.3, 0.4) is 0 Å². The van der Waals surface area contributed by atoms with E-state index >= 15 is 0 Å². The Balaban J connectivity index is 1.77. The minimum atomic E-state index is -4.70. The highest BCUT2D eigenvalue weighted by Crippen LogP contribution is 2.30. The summed E-state index contributed by atoms with van der Waals surface area (Å²) in [5.41, 5.74) is 13.4. The highest BCUT2D eigenvalue weighted by atomic mass is 19.3. The number of rotatable bonds is 10. The number of nitrogen functional groups attached to an aromatic ring is 2. The number of ether oxygens (including phenoxy) is 2. The van der Waals surface area contributed by atoms with Gasteiger partial charge in [-0.25, -0.2) is 9.59 Å². The lowest BCUT2D eigenvalue weighted by Gasteiger charge is -2.16. The van der Waals surface area contributed by atoms with Crippen molar-refractivity contribution >= 4 is 28.9 Å². The van der Waals surface area contributed by atoms with Gasteiger partial charge in [-0.15, -0.1) is 0 Å². The molecule has 3 aromatic carbocycles. The van der Waals surface area contributed by atoms with E-state index in [4.69, 9.17) is 16.2 Å². The lowest BCUT2D eigenvalue weighted by molar-refractivity contribution is -0.253. The van der Waals surface area contributed by atoms with Gasteiger partial charge in [-0.3, -0.25) is 0 Å². The summed E-state index contributed by atoms with van der Waals surface area (Å²) in [6.45, 7) is 0. The molecule has 5 N–H and O–H groups in total. The number of carboxylic acids is 1. The Kier molecular flexibility index (Phi) is 8.38. The number of carbonyl (C=O) groups excluding carboxylic acids is 1. The molecule has 0 saturated heterocycles. The number of benzene rings is 3. The third-order valence-electron chi connectivity index (χ3n) is 5.14. The normalized spacial score (nSPS) is 11.9. The summed E-state index contributed by atoms with van der Waals surface area (Å²) < 4.78 is 60.0. The van der Waals surface area contributed by atoms with Crippen LogP contribution >= 0.6 is 0 Å². The lowest BCUT2D eigenvalue weighted by Crippen LogP contribution is -2.33. The van der Waals surface area contributed by atoms with Crippen LogP contribution in [0.1, 0.15) is 27.9 Å². The first-order chi connectivity index (χ1) is 17.5. The molecule has 0 spiro atoms. The second kappa shape index (κ2) is 11.5.